The van der Waals surface area contributed by atoms with Gasteiger partial charge in [-0.2, -0.15) is 4.98 Å². The van der Waals surface area contributed by atoms with Crippen molar-refractivity contribution in [3.63, 3.8) is 0 Å². The standard InChI is InChI=1S/C24H28N4O5S/c1-4-32-19-10-12-20(13-11-19)34(30,31)28-18-7-5-6-17(14-18)23(29)25-21(15(2)3)24-26-22(27-33-24)16-8-9-16/h5-7,10-16,21,28H,4,8-9H2,1-3H3,(H,25,29). The summed E-state index contributed by atoms with van der Waals surface area (Å²) in [6.45, 7) is 6.25. The normalized spacial score (nSPS) is 14.6. The highest BCUT2D eigenvalue weighted by molar-refractivity contribution is 7.92. The number of sulfonamides is 1. The Balaban J connectivity index is 1.47. The topological polar surface area (TPSA) is 123 Å². The zero-order valence-corrected chi connectivity index (χ0v) is 20.1. The molecule has 0 spiro atoms. The number of benzene rings is 2. The zero-order valence-electron chi connectivity index (χ0n) is 19.3. The Morgan fingerprint density at radius 3 is 2.56 bits per heavy atom. The van der Waals surface area contributed by atoms with E-state index in [1.165, 1.54) is 18.2 Å². The quantitative estimate of drug-likeness (QED) is 0.440. The molecule has 1 amide bonds. The molecule has 0 bridgehead atoms. The van der Waals surface area contributed by atoms with Crippen molar-refractivity contribution in [1.82, 2.24) is 15.5 Å². The summed E-state index contributed by atoms with van der Waals surface area (Å²) in [7, 11) is -3.84. The van der Waals surface area contributed by atoms with Gasteiger partial charge in [0.25, 0.3) is 15.9 Å². The van der Waals surface area contributed by atoms with Gasteiger partial charge in [0.05, 0.1) is 11.5 Å². The summed E-state index contributed by atoms with van der Waals surface area (Å²) in [5.74, 6) is 1.63. The first-order chi connectivity index (χ1) is 16.3. The van der Waals surface area contributed by atoms with E-state index in [9.17, 15) is 13.2 Å². The van der Waals surface area contributed by atoms with Gasteiger partial charge in [-0.3, -0.25) is 9.52 Å². The third kappa shape index (κ3) is 5.56. The Morgan fingerprint density at radius 2 is 1.91 bits per heavy atom. The van der Waals surface area contributed by atoms with Crippen LogP contribution in [0.4, 0.5) is 5.69 Å². The Hall–Kier alpha value is -3.40. The fourth-order valence-electron chi connectivity index (χ4n) is 3.44. The minimum atomic E-state index is -3.84. The van der Waals surface area contributed by atoms with Crippen LogP contribution in [0.5, 0.6) is 5.75 Å². The van der Waals surface area contributed by atoms with E-state index in [0.29, 0.717) is 35.6 Å². The summed E-state index contributed by atoms with van der Waals surface area (Å²) in [6, 6.07) is 12.0. The van der Waals surface area contributed by atoms with E-state index in [-0.39, 0.29) is 22.4 Å². The second-order valence-electron chi connectivity index (χ2n) is 8.55. The van der Waals surface area contributed by atoms with Gasteiger partial charge in [-0.15, -0.1) is 0 Å². The van der Waals surface area contributed by atoms with Crippen LogP contribution in [-0.2, 0) is 10.0 Å². The Kier molecular flexibility index (Phi) is 6.87. The molecule has 2 N–H and O–H groups in total. The lowest BCUT2D eigenvalue weighted by Crippen LogP contribution is -2.32. The SMILES string of the molecule is CCOc1ccc(S(=O)(=O)Nc2cccc(C(=O)NC(c3nc(C4CC4)no3)C(C)C)c2)cc1. The minimum Gasteiger partial charge on any atom is -0.494 e. The first-order valence-corrected chi connectivity index (χ1v) is 12.7. The second-order valence-corrected chi connectivity index (χ2v) is 10.2. The Bertz CT molecular complexity index is 1250. The van der Waals surface area contributed by atoms with Gasteiger partial charge in [-0.1, -0.05) is 25.1 Å². The maximum Gasteiger partial charge on any atom is 0.261 e. The molecule has 10 heteroatoms. The van der Waals surface area contributed by atoms with Crippen molar-refractivity contribution >= 4 is 21.6 Å². The number of nitrogens with one attached hydrogen (secondary N) is 2. The van der Waals surface area contributed by atoms with E-state index in [2.05, 4.69) is 20.2 Å². The lowest BCUT2D eigenvalue weighted by Gasteiger charge is -2.19. The molecule has 180 valence electrons. The van der Waals surface area contributed by atoms with Crippen molar-refractivity contribution in [2.75, 3.05) is 11.3 Å². The predicted octanol–water partition coefficient (Wildman–Crippen LogP) is 4.27. The van der Waals surface area contributed by atoms with Gasteiger partial charge in [0.15, 0.2) is 5.82 Å². The third-order valence-electron chi connectivity index (χ3n) is 5.44. The average molecular weight is 485 g/mol. The Labute approximate surface area is 199 Å². The largest absolute Gasteiger partial charge is 0.494 e. The fourth-order valence-corrected chi connectivity index (χ4v) is 4.49. The smallest absolute Gasteiger partial charge is 0.261 e. The molecule has 0 aliphatic heterocycles. The van der Waals surface area contributed by atoms with Crippen LogP contribution in [0, 0.1) is 5.92 Å². The third-order valence-corrected chi connectivity index (χ3v) is 6.84. The Morgan fingerprint density at radius 1 is 1.18 bits per heavy atom. The number of hydrogen-bond donors (Lipinski definition) is 2. The molecule has 1 atom stereocenters. The van der Waals surface area contributed by atoms with Crippen LogP contribution in [0.1, 0.15) is 67.6 Å². The van der Waals surface area contributed by atoms with E-state index >= 15 is 0 Å². The van der Waals surface area contributed by atoms with Gasteiger partial charge in [0.1, 0.15) is 11.8 Å². The van der Waals surface area contributed by atoms with Gasteiger partial charge in [0, 0.05) is 17.2 Å². The monoisotopic (exact) mass is 484 g/mol. The summed E-state index contributed by atoms with van der Waals surface area (Å²) in [6.07, 6.45) is 2.11. The van der Waals surface area contributed by atoms with Crippen LogP contribution < -0.4 is 14.8 Å². The molecule has 3 aromatic rings. The lowest BCUT2D eigenvalue weighted by molar-refractivity contribution is 0.0914. The number of rotatable bonds is 10. The summed E-state index contributed by atoms with van der Waals surface area (Å²) < 4.78 is 38.9. The number of ether oxygens (including phenoxy) is 1. The summed E-state index contributed by atoms with van der Waals surface area (Å²) >= 11 is 0. The fraction of sp³-hybridized carbons (Fsp3) is 0.375. The number of hydrogen-bond acceptors (Lipinski definition) is 7. The molecule has 1 unspecified atom stereocenters. The molecule has 1 fully saturated rings. The van der Waals surface area contributed by atoms with Gasteiger partial charge in [0.2, 0.25) is 5.89 Å². The van der Waals surface area contributed by atoms with Crippen molar-refractivity contribution in [1.29, 1.82) is 0 Å². The average Bonchev–Trinajstić information content (AvgIpc) is 3.55. The van der Waals surface area contributed by atoms with Crippen LogP contribution in [0.2, 0.25) is 0 Å². The molecule has 2 aromatic carbocycles. The molecular weight excluding hydrogens is 456 g/mol. The van der Waals surface area contributed by atoms with E-state index in [1.807, 2.05) is 20.8 Å². The second kappa shape index (κ2) is 9.84. The molecule has 0 radical (unpaired) electrons. The van der Waals surface area contributed by atoms with Crippen LogP contribution in [0.15, 0.2) is 57.9 Å². The van der Waals surface area contributed by atoms with Crippen LogP contribution in [-0.4, -0.2) is 31.1 Å². The molecule has 34 heavy (non-hydrogen) atoms. The van der Waals surface area contributed by atoms with Crippen molar-refractivity contribution in [2.24, 2.45) is 5.92 Å². The molecule has 9 nitrogen and oxygen atoms in total. The van der Waals surface area contributed by atoms with Crippen molar-refractivity contribution in [2.45, 2.75) is 50.5 Å². The molecule has 1 aromatic heterocycles. The maximum absolute atomic E-state index is 13.0. The molecule has 0 saturated heterocycles. The first-order valence-electron chi connectivity index (χ1n) is 11.3. The molecule has 1 aliphatic carbocycles. The lowest BCUT2D eigenvalue weighted by atomic mass is 10.0. The van der Waals surface area contributed by atoms with Crippen molar-refractivity contribution < 1.29 is 22.5 Å². The van der Waals surface area contributed by atoms with Crippen LogP contribution in [0.3, 0.4) is 0 Å². The number of carbonyl (C=O) groups is 1. The number of nitrogens with zero attached hydrogens (tertiary/aromatic N) is 2. The zero-order chi connectivity index (χ0) is 24.3. The molecular formula is C24H28N4O5S. The minimum absolute atomic E-state index is 0.0119. The number of aromatic nitrogens is 2. The van der Waals surface area contributed by atoms with Gasteiger partial charge >= 0.3 is 0 Å². The molecule has 1 aliphatic rings. The summed E-state index contributed by atoms with van der Waals surface area (Å²) in [5.41, 5.74) is 0.580. The molecule has 1 saturated carbocycles. The highest BCUT2D eigenvalue weighted by Crippen LogP contribution is 2.38. The van der Waals surface area contributed by atoms with E-state index in [4.69, 9.17) is 9.26 Å². The van der Waals surface area contributed by atoms with Crippen molar-refractivity contribution in [3.05, 3.63) is 65.8 Å². The van der Waals surface area contributed by atoms with Crippen LogP contribution >= 0.6 is 0 Å². The highest BCUT2D eigenvalue weighted by Gasteiger charge is 2.31. The van der Waals surface area contributed by atoms with Gasteiger partial charge in [-0.05, 0) is 68.1 Å². The predicted molar refractivity (Wildman–Crippen MR) is 126 cm³/mol. The summed E-state index contributed by atoms with van der Waals surface area (Å²) in [5, 5.41) is 6.97. The van der Waals surface area contributed by atoms with Crippen LogP contribution in [0.25, 0.3) is 0 Å². The maximum atomic E-state index is 13.0. The van der Waals surface area contributed by atoms with E-state index in [1.54, 1.807) is 30.3 Å². The highest BCUT2D eigenvalue weighted by atomic mass is 32.2. The molecule has 4 rings (SSSR count). The number of anilines is 1. The van der Waals surface area contributed by atoms with E-state index in [0.717, 1.165) is 12.8 Å². The molecule has 1 heterocycles. The van der Waals surface area contributed by atoms with Gasteiger partial charge < -0.3 is 14.6 Å². The number of carbonyl (C=O) groups excluding carboxylic acids is 1. The summed E-state index contributed by atoms with van der Waals surface area (Å²) in [4.78, 5) is 17.5. The van der Waals surface area contributed by atoms with Crippen molar-refractivity contribution in [3.8, 4) is 5.75 Å². The van der Waals surface area contributed by atoms with E-state index < -0.39 is 16.1 Å². The number of amides is 1. The first kappa shape index (κ1) is 23.7. The van der Waals surface area contributed by atoms with Gasteiger partial charge in [-0.25, -0.2) is 8.42 Å².